The fourth-order valence-electron chi connectivity index (χ4n) is 3.04. The second-order valence-electron chi connectivity index (χ2n) is 7.46. The van der Waals surface area contributed by atoms with Crippen LogP contribution in [0.2, 0.25) is 0 Å². The summed E-state index contributed by atoms with van der Waals surface area (Å²) >= 11 is 1.11. The first kappa shape index (κ1) is 21.7. The van der Waals surface area contributed by atoms with Crippen molar-refractivity contribution in [3.05, 3.63) is 35.8 Å². The largest absolute Gasteiger partial charge is 0.354 e. The summed E-state index contributed by atoms with van der Waals surface area (Å²) in [6, 6.07) is 5.96. The SMILES string of the molecule is CC(C)C(NS(=O)(=O)c1cccs1)C(=O)Nc1ccc(N2CCN(C)CC2)nc1. The molecule has 3 heterocycles. The number of nitrogens with one attached hydrogen (secondary N) is 2. The molecular weight excluding hydrogens is 410 g/mol. The lowest BCUT2D eigenvalue weighted by molar-refractivity contribution is -0.118. The molecule has 10 heteroatoms. The molecule has 3 rings (SSSR count). The summed E-state index contributed by atoms with van der Waals surface area (Å²) in [6.45, 7) is 7.40. The van der Waals surface area contributed by atoms with Crippen molar-refractivity contribution in [2.45, 2.75) is 24.1 Å². The van der Waals surface area contributed by atoms with Crippen molar-refractivity contribution in [1.82, 2.24) is 14.6 Å². The molecule has 0 bridgehead atoms. The average molecular weight is 438 g/mol. The van der Waals surface area contributed by atoms with Crippen LogP contribution in [0, 0.1) is 5.92 Å². The Kier molecular flexibility index (Phi) is 6.89. The summed E-state index contributed by atoms with van der Waals surface area (Å²) < 4.78 is 27.7. The highest BCUT2D eigenvalue weighted by Gasteiger charge is 2.29. The Labute approximate surface area is 176 Å². The zero-order valence-electron chi connectivity index (χ0n) is 16.8. The molecule has 1 amide bonds. The van der Waals surface area contributed by atoms with Crippen molar-refractivity contribution >= 4 is 38.8 Å². The number of piperazine rings is 1. The van der Waals surface area contributed by atoms with E-state index in [2.05, 4.69) is 31.9 Å². The predicted molar refractivity (Wildman–Crippen MR) is 116 cm³/mol. The van der Waals surface area contributed by atoms with Crippen molar-refractivity contribution in [2.75, 3.05) is 43.4 Å². The molecule has 8 nitrogen and oxygen atoms in total. The van der Waals surface area contributed by atoms with Gasteiger partial charge in [-0.3, -0.25) is 4.79 Å². The molecule has 0 saturated carbocycles. The van der Waals surface area contributed by atoms with Gasteiger partial charge in [-0.25, -0.2) is 13.4 Å². The number of amides is 1. The van der Waals surface area contributed by atoms with Crippen LogP contribution in [0.15, 0.2) is 40.1 Å². The zero-order chi connectivity index (χ0) is 21.0. The standard InChI is InChI=1S/C19H27N5O3S2/c1-14(2)18(22-29(26,27)17-5-4-12-28-17)19(25)21-15-6-7-16(20-13-15)24-10-8-23(3)9-11-24/h4-7,12-14,18,22H,8-11H2,1-3H3,(H,21,25). The number of rotatable bonds is 7. The van der Waals surface area contributed by atoms with Crippen molar-refractivity contribution in [1.29, 1.82) is 0 Å². The van der Waals surface area contributed by atoms with E-state index in [0.29, 0.717) is 5.69 Å². The van der Waals surface area contributed by atoms with Gasteiger partial charge >= 0.3 is 0 Å². The van der Waals surface area contributed by atoms with E-state index in [1.807, 2.05) is 6.07 Å². The monoisotopic (exact) mass is 437 g/mol. The van der Waals surface area contributed by atoms with Gasteiger partial charge in [-0.1, -0.05) is 19.9 Å². The van der Waals surface area contributed by atoms with E-state index < -0.39 is 22.0 Å². The summed E-state index contributed by atoms with van der Waals surface area (Å²) in [5.74, 6) is 0.242. The first-order chi connectivity index (χ1) is 13.8. The van der Waals surface area contributed by atoms with Crippen LogP contribution in [0.4, 0.5) is 11.5 Å². The van der Waals surface area contributed by atoms with Gasteiger partial charge in [0, 0.05) is 26.2 Å². The Bertz CT molecular complexity index is 906. The maximum atomic E-state index is 12.7. The van der Waals surface area contributed by atoms with Gasteiger partial charge in [0.1, 0.15) is 16.1 Å². The zero-order valence-corrected chi connectivity index (χ0v) is 18.5. The number of hydrogen-bond donors (Lipinski definition) is 2. The maximum Gasteiger partial charge on any atom is 0.250 e. The molecule has 1 unspecified atom stereocenters. The van der Waals surface area contributed by atoms with E-state index in [1.54, 1.807) is 37.6 Å². The second-order valence-corrected chi connectivity index (χ2v) is 10.3. The van der Waals surface area contributed by atoms with E-state index in [1.165, 1.54) is 6.07 Å². The van der Waals surface area contributed by atoms with E-state index in [-0.39, 0.29) is 10.1 Å². The molecule has 29 heavy (non-hydrogen) atoms. The molecule has 1 aliphatic heterocycles. The first-order valence-electron chi connectivity index (χ1n) is 9.52. The molecular formula is C19H27N5O3S2. The third kappa shape index (κ3) is 5.53. The Hall–Kier alpha value is -2.01. The molecule has 0 aromatic carbocycles. The van der Waals surface area contributed by atoms with Crippen LogP contribution in [0.25, 0.3) is 0 Å². The molecule has 1 aliphatic rings. The molecule has 0 radical (unpaired) electrons. The third-order valence-corrected chi connectivity index (χ3v) is 7.67. The summed E-state index contributed by atoms with van der Waals surface area (Å²) in [7, 11) is -1.64. The number of pyridine rings is 1. The lowest BCUT2D eigenvalue weighted by Gasteiger charge is -2.33. The number of carbonyl (C=O) groups excluding carboxylic acids is 1. The van der Waals surface area contributed by atoms with Gasteiger partial charge in [0.25, 0.3) is 10.0 Å². The minimum absolute atomic E-state index is 0.189. The molecule has 2 N–H and O–H groups in total. The highest BCUT2D eigenvalue weighted by molar-refractivity contribution is 7.91. The van der Waals surface area contributed by atoms with Gasteiger partial charge in [0.15, 0.2) is 0 Å². The smallest absolute Gasteiger partial charge is 0.250 e. The predicted octanol–water partition coefficient (Wildman–Crippen LogP) is 1.84. The van der Waals surface area contributed by atoms with E-state index in [0.717, 1.165) is 43.3 Å². The summed E-state index contributed by atoms with van der Waals surface area (Å²) in [5, 5.41) is 4.46. The average Bonchev–Trinajstić information content (AvgIpc) is 3.23. The molecule has 2 aromatic heterocycles. The van der Waals surface area contributed by atoms with E-state index in [4.69, 9.17) is 0 Å². The van der Waals surface area contributed by atoms with Crippen LogP contribution >= 0.6 is 11.3 Å². The van der Waals surface area contributed by atoms with E-state index in [9.17, 15) is 13.2 Å². The molecule has 1 saturated heterocycles. The number of sulfonamides is 1. The molecule has 1 atom stereocenters. The minimum atomic E-state index is -3.74. The van der Waals surface area contributed by atoms with Crippen molar-refractivity contribution < 1.29 is 13.2 Å². The van der Waals surface area contributed by atoms with Crippen LogP contribution in [0.1, 0.15) is 13.8 Å². The van der Waals surface area contributed by atoms with Crippen LogP contribution in [-0.4, -0.2) is 63.5 Å². The molecule has 0 aliphatic carbocycles. The Morgan fingerprint density at radius 1 is 1.17 bits per heavy atom. The lowest BCUT2D eigenvalue weighted by atomic mass is 10.1. The van der Waals surface area contributed by atoms with Gasteiger partial charge in [-0.05, 0) is 36.5 Å². The van der Waals surface area contributed by atoms with Gasteiger partial charge in [-0.15, -0.1) is 11.3 Å². The normalized spacial score (nSPS) is 16.8. The number of carbonyl (C=O) groups is 1. The van der Waals surface area contributed by atoms with Crippen LogP contribution in [0.3, 0.4) is 0 Å². The summed E-state index contributed by atoms with van der Waals surface area (Å²) in [5.41, 5.74) is 0.536. The number of aromatic nitrogens is 1. The summed E-state index contributed by atoms with van der Waals surface area (Å²) in [6.07, 6.45) is 1.61. The topological polar surface area (TPSA) is 94.6 Å². The van der Waals surface area contributed by atoms with E-state index >= 15 is 0 Å². The number of hydrogen-bond acceptors (Lipinski definition) is 7. The number of likely N-dealkylation sites (N-methyl/N-ethyl adjacent to an activating group) is 1. The van der Waals surface area contributed by atoms with Crippen LogP contribution < -0.4 is 14.9 Å². The second kappa shape index (κ2) is 9.21. The highest BCUT2D eigenvalue weighted by atomic mass is 32.2. The Balaban J connectivity index is 1.65. The van der Waals surface area contributed by atoms with Gasteiger partial charge in [0.2, 0.25) is 5.91 Å². The van der Waals surface area contributed by atoms with Crippen molar-refractivity contribution in [2.24, 2.45) is 5.92 Å². The first-order valence-corrected chi connectivity index (χ1v) is 11.9. The molecule has 2 aromatic rings. The van der Waals surface area contributed by atoms with Crippen molar-refractivity contribution in [3.8, 4) is 0 Å². The van der Waals surface area contributed by atoms with Gasteiger partial charge in [-0.2, -0.15) is 4.72 Å². The third-order valence-electron chi connectivity index (χ3n) is 4.83. The fraction of sp³-hybridized carbons (Fsp3) is 0.474. The Morgan fingerprint density at radius 2 is 1.90 bits per heavy atom. The van der Waals surface area contributed by atoms with Gasteiger partial charge < -0.3 is 15.1 Å². The Morgan fingerprint density at radius 3 is 2.45 bits per heavy atom. The molecule has 158 valence electrons. The molecule has 0 spiro atoms. The number of nitrogens with zero attached hydrogens (tertiary/aromatic N) is 3. The van der Waals surface area contributed by atoms with Crippen LogP contribution in [0.5, 0.6) is 0 Å². The highest BCUT2D eigenvalue weighted by Crippen LogP contribution is 2.19. The number of anilines is 2. The maximum absolute atomic E-state index is 12.7. The fourth-order valence-corrected chi connectivity index (χ4v) is 5.39. The quantitative estimate of drug-likeness (QED) is 0.686. The molecule has 1 fully saturated rings. The van der Waals surface area contributed by atoms with Gasteiger partial charge in [0.05, 0.1) is 11.9 Å². The lowest BCUT2D eigenvalue weighted by Crippen LogP contribution is -2.46. The van der Waals surface area contributed by atoms with Crippen molar-refractivity contribution in [3.63, 3.8) is 0 Å². The number of thiophene rings is 1. The van der Waals surface area contributed by atoms with Crippen LogP contribution in [-0.2, 0) is 14.8 Å². The minimum Gasteiger partial charge on any atom is -0.354 e. The summed E-state index contributed by atoms with van der Waals surface area (Å²) in [4.78, 5) is 21.7.